The molecule has 1 aromatic carbocycles. The van der Waals surface area contributed by atoms with Gasteiger partial charge in [-0.25, -0.2) is 0 Å². The molecule has 1 rings (SSSR count). The van der Waals surface area contributed by atoms with E-state index in [9.17, 15) is 9.59 Å². The van der Waals surface area contributed by atoms with Crippen molar-refractivity contribution in [2.75, 3.05) is 0 Å². The molecule has 128 valence electrons. The zero-order valence-corrected chi connectivity index (χ0v) is 15.2. The van der Waals surface area contributed by atoms with Gasteiger partial charge in [-0.3, -0.25) is 9.59 Å². The smallest absolute Gasteiger partial charge is 0.242 e. The molecule has 2 amide bonds. The van der Waals surface area contributed by atoms with Crippen LogP contribution in [-0.2, 0) is 16.1 Å². The Labute approximate surface area is 144 Å². The van der Waals surface area contributed by atoms with E-state index < -0.39 is 6.04 Å². The van der Waals surface area contributed by atoms with Crippen LogP contribution in [0.3, 0.4) is 0 Å². The number of halogens is 1. The molecular weight excluding hydrogens is 312 g/mol. The quantitative estimate of drug-likeness (QED) is 0.784. The molecule has 23 heavy (non-hydrogen) atoms. The first-order valence-electron chi connectivity index (χ1n) is 8.23. The third-order valence-electron chi connectivity index (χ3n) is 3.93. The van der Waals surface area contributed by atoms with Crippen molar-refractivity contribution in [3.8, 4) is 0 Å². The molecular formula is C18H27ClN2O2. The van der Waals surface area contributed by atoms with Crippen LogP contribution in [0, 0.1) is 0 Å². The fraction of sp³-hybridized carbons (Fsp3) is 0.556. The highest BCUT2D eigenvalue weighted by Crippen LogP contribution is 2.19. The van der Waals surface area contributed by atoms with Gasteiger partial charge >= 0.3 is 0 Å². The maximum atomic E-state index is 12.5. The number of benzene rings is 1. The Balaban J connectivity index is 2.94. The molecule has 0 spiro atoms. The lowest BCUT2D eigenvalue weighted by atomic mass is 10.1. The van der Waals surface area contributed by atoms with Crippen molar-refractivity contribution in [2.24, 2.45) is 0 Å². The van der Waals surface area contributed by atoms with Gasteiger partial charge in [0.15, 0.2) is 0 Å². The Hall–Kier alpha value is -1.55. The van der Waals surface area contributed by atoms with Crippen molar-refractivity contribution >= 4 is 23.4 Å². The molecule has 4 nitrogen and oxygen atoms in total. The number of amides is 2. The van der Waals surface area contributed by atoms with E-state index in [-0.39, 0.29) is 17.9 Å². The van der Waals surface area contributed by atoms with Crippen LogP contribution in [0.15, 0.2) is 24.3 Å². The molecule has 5 heteroatoms. The van der Waals surface area contributed by atoms with E-state index in [4.69, 9.17) is 11.6 Å². The summed E-state index contributed by atoms with van der Waals surface area (Å²) >= 11 is 6.20. The monoisotopic (exact) mass is 338 g/mol. The topological polar surface area (TPSA) is 49.4 Å². The van der Waals surface area contributed by atoms with E-state index in [2.05, 4.69) is 5.32 Å². The second kappa shape index (κ2) is 9.56. The summed E-state index contributed by atoms with van der Waals surface area (Å²) in [6, 6.07) is 6.97. The molecule has 0 aliphatic heterocycles. The average molecular weight is 339 g/mol. The lowest BCUT2D eigenvalue weighted by Crippen LogP contribution is -2.49. The standard InChI is InChI=1S/C18H27ClN2O2/c1-5-9-17(22)21(12-15-10-7-8-11-16(15)19)14(4)18(23)20-13(3)6-2/h7-8,10-11,13-14H,5-6,9,12H2,1-4H3,(H,20,23). The molecule has 0 bridgehead atoms. The molecule has 2 atom stereocenters. The summed E-state index contributed by atoms with van der Waals surface area (Å²) in [5.74, 6) is -0.157. The van der Waals surface area contributed by atoms with Gasteiger partial charge in [0.25, 0.3) is 0 Å². The summed E-state index contributed by atoms with van der Waals surface area (Å²) in [5, 5.41) is 3.55. The fourth-order valence-corrected chi connectivity index (χ4v) is 2.41. The molecule has 0 radical (unpaired) electrons. The molecule has 0 aromatic heterocycles. The summed E-state index contributed by atoms with van der Waals surface area (Å²) < 4.78 is 0. The van der Waals surface area contributed by atoms with Gasteiger partial charge in [0.05, 0.1) is 0 Å². The van der Waals surface area contributed by atoms with E-state index >= 15 is 0 Å². The number of nitrogens with one attached hydrogen (secondary N) is 1. The minimum atomic E-state index is -0.528. The first-order chi connectivity index (χ1) is 10.9. The predicted octanol–water partition coefficient (Wildman–Crippen LogP) is 3.77. The Morgan fingerprint density at radius 1 is 1.22 bits per heavy atom. The minimum absolute atomic E-state index is 0.0285. The normalized spacial score (nSPS) is 13.3. The van der Waals surface area contributed by atoms with Gasteiger partial charge in [0.1, 0.15) is 6.04 Å². The van der Waals surface area contributed by atoms with Gasteiger partial charge in [0.2, 0.25) is 11.8 Å². The van der Waals surface area contributed by atoms with Crippen molar-refractivity contribution < 1.29 is 9.59 Å². The Morgan fingerprint density at radius 3 is 2.43 bits per heavy atom. The summed E-state index contributed by atoms with van der Waals surface area (Å²) in [5.41, 5.74) is 0.849. The SMILES string of the molecule is CCCC(=O)N(Cc1ccccc1Cl)C(C)C(=O)NC(C)CC. The van der Waals surface area contributed by atoms with Crippen LogP contribution in [0.4, 0.5) is 0 Å². The van der Waals surface area contributed by atoms with Gasteiger partial charge in [-0.05, 0) is 38.3 Å². The molecule has 2 unspecified atom stereocenters. The molecule has 0 saturated carbocycles. The Kier molecular flexibility index (Phi) is 8.10. The molecule has 1 N–H and O–H groups in total. The Morgan fingerprint density at radius 2 is 1.87 bits per heavy atom. The highest BCUT2D eigenvalue weighted by molar-refractivity contribution is 6.31. The average Bonchev–Trinajstić information content (AvgIpc) is 2.53. The first-order valence-corrected chi connectivity index (χ1v) is 8.61. The van der Waals surface area contributed by atoms with Crippen LogP contribution in [0.2, 0.25) is 5.02 Å². The second-order valence-corrected chi connectivity index (χ2v) is 6.26. The molecule has 1 aromatic rings. The van der Waals surface area contributed by atoms with E-state index in [0.29, 0.717) is 18.0 Å². The van der Waals surface area contributed by atoms with Crippen molar-refractivity contribution in [1.29, 1.82) is 0 Å². The number of nitrogens with zero attached hydrogens (tertiary/aromatic N) is 1. The number of hydrogen-bond donors (Lipinski definition) is 1. The Bertz CT molecular complexity index is 534. The largest absolute Gasteiger partial charge is 0.352 e. The first kappa shape index (κ1) is 19.5. The number of carbonyl (C=O) groups is 2. The minimum Gasteiger partial charge on any atom is -0.352 e. The van der Waals surface area contributed by atoms with E-state index in [1.165, 1.54) is 0 Å². The van der Waals surface area contributed by atoms with Gasteiger partial charge in [0, 0.05) is 24.0 Å². The summed E-state index contributed by atoms with van der Waals surface area (Å²) in [6.45, 7) is 8.03. The van der Waals surface area contributed by atoms with Gasteiger partial charge < -0.3 is 10.2 Å². The summed E-state index contributed by atoms with van der Waals surface area (Å²) in [6.07, 6.45) is 2.02. The summed E-state index contributed by atoms with van der Waals surface area (Å²) in [4.78, 5) is 26.5. The van der Waals surface area contributed by atoms with Crippen LogP contribution in [0.1, 0.15) is 52.5 Å². The van der Waals surface area contributed by atoms with Crippen molar-refractivity contribution in [1.82, 2.24) is 10.2 Å². The molecule has 0 fully saturated rings. The fourth-order valence-electron chi connectivity index (χ4n) is 2.22. The molecule has 0 heterocycles. The van der Waals surface area contributed by atoms with Gasteiger partial charge in [-0.1, -0.05) is 43.6 Å². The zero-order valence-electron chi connectivity index (χ0n) is 14.4. The molecule has 0 saturated heterocycles. The van der Waals surface area contributed by atoms with E-state index in [1.807, 2.05) is 39.0 Å². The number of carbonyl (C=O) groups excluding carboxylic acids is 2. The van der Waals surface area contributed by atoms with Crippen LogP contribution >= 0.6 is 11.6 Å². The predicted molar refractivity (Wildman–Crippen MR) is 94.3 cm³/mol. The maximum Gasteiger partial charge on any atom is 0.242 e. The lowest BCUT2D eigenvalue weighted by Gasteiger charge is -2.30. The zero-order chi connectivity index (χ0) is 17.4. The van der Waals surface area contributed by atoms with Crippen molar-refractivity contribution in [3.63, 3.8) is 0 Å². The highest BCUT2D eigenvalue weighted by Gasteiger charge is 2.26. The van der Waals surface area contributed by atoms with Crippen LogP contribution in [0.25, 0.3) is 0 Å². The maximum absolute atomic E-state index is 12.5. The van der Waals surface area contributed by atoms with Crippen LogP contribution in [-0.4, -0.2) is 28.8 Å². The van der Waals surface area contributed by atoms with Crippen molar-refractivity contribution in [2.45, 2.75) is 65.6 Å². The third-order valence-corrected chi connectivity index (χ3v) is 4.30. The van der Waals surface area contributed by atoms with E-state index in [0.717, 1.165) is 18.4 Å². The second-order valence-electron chi connectivity index (χ2n) is 5.86. The van der Waals surface area contributed by atoms with Gasteiger partial charge in [-0.2, -0.15) is 0 Å². The van der Waals surface area contributed by atoms with Crippen LogP contribution in [0.5, 0.6) is 0 Å². The van der Waals surface area contributed by atoms with Gasteiger partial charge in [-0.15, -0.1) is 0 Å². The molecule has 0 aliphatic carbocycles. The number of hydrogen-bond acceptors (Lipinski definition) is 2. The van der Waals surface area contributed by atoms with E-state index in [1.54, 1.807) is 17.9 Å². The summed E-state index contributed by atoms with van der Waals surface area (Å²) in [7, 11) is 0. The highest BCUT2D eigenvalue weighted by atomic mass is 35.5. The molecule has 0 aliphatic rings. The van der Waals surface area contributed by atoms with Crippen molar-refractivity contribution in [3.05, 3.63) is 34.9 Å². The number of rotatable bonds is 8. The lowest BCUT2D eigenvalue weighted by molar-refractivity contribution is -0.140. The third kappa shape index (κ3) is 5.87. The van der Waals surface area contributed by atoms with Crippen LogP contribution < -0.4 is 5.32 Å².